The van der Waals surface area contributed by atoms with Crippen LogP contribution < -0.4 is 10.2 Å². The Morgan fingerprint density at radius 1 is 1.37 bits per heavy atom. The normalized spacial score (nSPS) is 15.1. The van der Waals surface area contributed by atoms with Crippen molar-refractivity contribution in [3.05, 3.63) is 35.8 Å². The van der Waals surface area contributed by atoms with Crippen molar-refractivity contribution >= 4 is 33.9 Å². The largest absolute Gasteiger partial charge is 0.331 e. The molecule has 0 radical (unpaired) electrons. The fourth-order valence-corrected chi connectivity index (χ4v) is 2.60. The van der Waals surface area contributed by atoms with Crippen LogP contribution in [0.3, 0.4) is 0 Å². The number of carbonyl (C=O) groups excluding carboxylic acids is 1. The van der Waals surface area contributed by atoms with Crippen LogP contribution in [-0.2, 0) is 0 Å². The third-order valence-corrected chi connectivity index (χ3v) is 3.75. The number of urea groups is 1. The van der Waals surface area contributed by atoms with Crippen LogP contribution in [0.1, 0.15) is 0 Å². The van der Waals surface area contributed by atoms with E-state index in [1.54, 1.807) is 27.3 Å². The molecular formula is C13H14N4OS. The van der Waals surface area contributed by atoms with Crippen molar-refractivity contribution in [3.63, 3.8) is 0 Å². The maximum atomic E-state index is 12.0. The minimum absolute atomic E-state index is 0.0476. The number of nitrogens with one attached hydrogen (secondary N) is 1. The molecule has 0 bridgehead atoms. The molecule has 1 fully saturated rings. The van der Waals surface area contributed by atoms with Gasteiger partial charge in [-0.05, 0) is 18.2 Å². The SMILES string of the molecule is CN1CCN(c2cccc(Nc3nccs3)c2)C1=O. The van der Waals surface area contributed by atoms with Gasteiger partial charge in [-0.2, -0.15) is 0 Å². The van der Waals surface area contributed by atoms with E-state index in [4.69, 9.17) is 0 Å². The molecule has 6 heteroatoms. The van der Waals surface area contributed by atoms with E-state index >= 15 is 0 Å². The summed E-state index contributed by atoms with van der Waals surface area (Å²) in [4.78, 5) is 19.6. The van der Waals surface area contributed by atoms with Crippen molar-refractivity contribution in [2.75, 3.05) is 30.4 Å². The molecular weight excluding hydrogens is 260 g/mol. The lowest BCUT2D eigenvalue weighted by Gasteiger charge is -2.17. The highest BCUT2D eigenvalue weighted by Crippen LogP contribution is 2.25. The first kappa shape index (κ1) is 12.0. The Bertz CT molecular complexity index is 584. The molecule has 98 valence electrons. The second-order valence-electron chi connectivity index (χ2n) is 4.37. The van der Waals surface area contributed by atoms with E-state index < -0.39 is 0 Å². The van der Waals surface area contributed by atoms with E-state index in [2.05, 4.69) is 10.3 Å². The Labute approximate surface area is 115 Å². The standard InChI is InChI=1S/C13H14N4OS/c1-16-6-7-17(13(16)18)11-4-2-3-10(9-11)15-12-14-5-8-19-12/h2-5,8-9H,6-7H2,1H3,(H,14,15). The van der Waals surface area contributed by atoms with E-state index in [1.165, 1.54) is 0 Å². The fraction of sp³-hybridized carbons (Fsp3) is 0.231. The zero-order valence-electron chi connectivity index (χ0n) is 10.5. The summed E-state index contributed by atoms with van der Waals surface area (Å²) in [6.45, 7) is 1.50. The predicted molar refractivity (Wildman–Crippen MR) is 77.2 cm³/mol. The molecule has 1 aliphatic rings. The van der Waals surface area contributed by atoms with Crippen LogP contribution in [0.2, 0.25) is 0 Å². The van der Waals surface area contributed by atoms with Gasteiger partial charge >= 0.3 is 6.03 Å². The van der Waals surface area contributed by atoms with Crippen LogP contribution in [0.15, 0.2) is 35.8 Å². The van der Waals surface area contributed by atoms with E-state index in [-0.39, 0.29) is 6.03 Å². The highest BCUT2D eigenvalue weighted by Gasteiger charge is 2.26. The number of hydrogen-bond donors (Lipinski definition) is 1. The monoisotopic (exact) mass is 274 g/mol. The molecule has 0 spiro atoms. The van der Waals surface area contributed by atoms with Crippen molar-refractivity contribution in [2.45, 2.75) is 0 Å². The van der Waals surface area contributed by atoms with Gasteiger partial charge in [-0.1, -0.05) is 6.07 Å². The summed E-state index contributed by atoms with van der Waals surface area (Å²) in [7, 11) is 1.82. The van der Waals surface area contributed by atoms with Gasteiger partial charge in [0.05, 0.1) is 0 Å². The molecule has 5 nitrogen and oxygen atoms in total. The van der Waals surface area contributed by atoms with Crippen LogP contribution >= 0.6 is 11.3 Å². The minimum atomic E-state index is 0.0476. The van der Waals surface area contributed by atoms with Gasteiger partial charge in [0.2, 0.25) is 0 Å². The van der Waals surface area contributed by atoms with Gasteiger partial charge in [-0.15, -0.1) is 11.3 Å². The number of likely N-dealkylation sites (N-methyl/N-ethyl adjacent to an activating group) is 1. The molecule has 2 amide bonds. The number of aromatic nitrogens is 1. The van der Waals surface area contributed by atoms with Gasteiger partial charge in [0.15, 0.2) is 5.13 Å². The van der Waals surface area contributed by atoms with Gasteiger partial charge in [-0.25, -0.2) is 9.78 Å². The first-order valence-corrected chi connectivity index (χ1v) is 6.91. The molecule has 1 N–H and O–H groups in total. The highest BCUT2D eigenvalue weighted by atomic mass is 32.1. The van der Waals surface area contributed by atoms with E-state index in [0.717, 1.165) is 29.6 Å². The molecule has 0 unspecified atom stereocenters. The Hall–Kier alpha value is -2.08. The van der Waals surface area contributed by atoms with Crippen LogP contribution in [0.25, 0.3) is 0 Å². The minimum Gasteiger partial charge on any atom is -0.331 e. The number of anilines is 3. The Balaban J connectivity index is 1.82. The summed E-state index contributed by atoms with van der Waals surface area (Å²) in [5, 5.41) is 6.00. The van der Waals surface area contributed by atoms with Gasteiger partial charge in [0, 0.05) is 43.1 Å². The molecule has 2 aromatic rings. The Kier molecular flexibility index (Phi) is 3.08. The molecule has 2 heterocycles. The van der Waals surface area contributed by atoms with Gasteiger partial charge in [0.1, 0.15) is 0 Å². The van der Waals surface area contributed by atoms with E-state index in [1.807, 2.05) is 36.7 Å². The molecule has 0 aliphatic carbocycles. The third-order valence-electron chi connectivity index (χ3n) is 3.06. The number of nitrogens with zero attached hydrogens (tertiary/aromatic N) is 3. The third kappa shape index (κ3) is 2.39. The quantitative estimate of drug-likeness (QED) is 0.936. The van der Waals surface area contributed by atoms with Crippen molar-refractivity contribution < 1.29 is 4.79 Å². The summed E-state index contributed by atoms with van der Waals surface area (Å²) < 4.78 is 0. The molecule has 0 saturated carbocycles. The van der Waals surface area contributed by atoms with Crippen molar-refractivity contribution in [3.8, 4) is 0 Å². The second kappa shape index (κ2) is 4.89. The average molecular weight is 274 g/mol. The molecule has 1 aliphatic heterocycles. The van der Waals surface area contributed by atoms with E-state index in [0.29, 0.717) is 0 Å². The number of amides is 2. The topological polar surface area (TPSA) is 48.5 Å². The molecule has 3 rings (SSSR count). The fourth-order valence-electron chi connectivity index (χ4n) is 2.05. The molecule has 0 atom stereocenters. The van der Waals surface area contributed by atoms with Crippen LogP contribution in [0, 0.1) is 0 Å². The smallest absolute Gasteiger partial charge is 0.324 e. The van der Waals surface area contributed by atoms with Crippen molar-refractivity contribution in [1.82, 2.24) is 9.88 Å². The summed E-state index contributed by atoms with van der Waals surface area (Å²) in [6, 6.07) is 7.88. The van der Waals surface area contributed by atoms with Crippen molar-refractivity contribution in [1.29, 1.82) is 0 Å². The Morgan fingerprint density at radius 2 is 2.26 bits per heavy atom. The lowest BCUT2D eigenvalue weighted by molar-refractivity contribution is 0.229. The number of carbonyl (C=O) groups is 1. The first-order valence-electron chi connectivity index (χ1n) is 6.03. The highest BCUT2D eigenvalue weighted by molar-refractivity contribution is 7.13. The summed E-state index contributed by atoms with van der Waals surface area (Å²) in [5.41, 5.74) is 1.85. The van der Waals surface area contributed by atoms with Crippen LogP contribution in [-0.4, -0.2) is 36.1 Å². The second-order valence-corrected chi connectivity index (χ2v) is 5.26. The van der Waals surface area contributed by atoms with Crippen LogP contribution in [0.5, 0.6) is 0 Å². The lowest BCUT2D eigenvalue weighted by Crippen LogP contribution is -2.29. The number of benzene rings is 1. The molecule has 1 aromatic carbocycles. The summed E-state index contributed by atoms with van der Waals surface area (Å²) in [6.07, 6.45) is 1.76. The Morgan fingerprint density at radius 3 is 2.95 bits per heavy atom. The van der Waals surface area contributed by atoms with Gasteiger partial charge < -0.3 is 10.2 Å². The molecule has 1 aromatic heterocycles. The van der Waals surface area contributed by atoms with Gasteiger partial charge in [0.25, 0.3) is 0 Å². The van der Waals surface area contributed by atoms with Crippen molar-refractivity contribution in [2.24, 2.45) is 0 Å². The molecule has 19 heavy (non-hydrogen) atoms. The van der Waals surface area contributed by atoms with E-state index in [9.17, 15) is 4.79 Å². The summed E-state index contributed by atoms with van der Waals surface area (Å²) in [5.74, 6) is 0. The number of rotatable bonds is 3. The zero-order valence-corrected chi connectivity index (χ0v) is 11.4. The average Bonchev–Trinajstić information content (AvgIpc) is 3.02. The van der Waals surface area contributed by atoms with Gasteiger partial charge in [-0.3, -0.25) is 4.90 Å². The first-order chi connectivity index (χ1) is 9.24. The van der Waals surface area contributed by atoms with Crippen LogP contribution in [0.4, 0.5) is 21.3 Å². The number of hydrogen-bond acceptors (Lipinski definition) is 4. The molecule has 1 saturated heterocycles. The predicted octanol–water partition coefficient (Wildman–Crippen LogP) is 2.76. The number of thiazole rings is 1. The maximum Gasteiger partial charge on any atom is 0.324 e. The summed E-state index contributed by atoms with van der Waals surface area (Å²) >= 11 is 1.55. The lowest BCUT2D eigenvalue weighted by atomic mass is 10.2. The zero-order chi connectivity index (χ0) is 13.2. The maximum absolute atomic E-state index is 12.0.